The SMILES string of the molecule is C=C(CCCCCC1CCCCC1)C(=O)OCC. The maximum atomic E-state index is 11.3. The van der Waals surface area contributed by atoms with Crippen LogP contribution < -0.4 is 0 Å². The number of esters is 1. The molecule has 2 heteroatoms. The number of carbonyl (C=O) groups excluding carboxylic acids is 1. The van der Waals surface area contributed by atoms with Gasteiger partial charge in [-0.05, 0) is 25.7 Å². The molecule has 0 aromatic heterocycles. The third-order valence-corrected chi connectivity index (χ3v) is 3.88. The molecule has 1 fully saturated rings. The predicted octanol–water partition coefficient (Wildman–Crippen LogP) is 4.64. The Morgan fingerprint density at radius 2 is 1.89 bits per heavy atom. The van der Waals surface area contributed by atoms with E-state index in [0.29, 0.717) is 12.2 Å². The minimum Gasteiger partial charge on any atom is -0.463 e. The molecule has 1 rings (SSSR count). The van der Waals surface area contributed by atoms with Crippen LogP contribution in [0.15, 0.2) is 12.2 Å². The maximum absolute atomic E-state index is 11.3. The van der Waals surface area contributed by atoms with E-state index in [0.717, 1.165) is 18.8 Å². The summed E-state index contributed by atoms with van der Waals surface area (Å²) >= 11 is 0. The van der Waals surface area contributed by atoms with Gasteiger partial charge in [0.25, 0.3) is 0 Å². The van der Waals surface area contributed by atoms with E-state index in [-0.39, 0.29) is 5.97 Å². The van der Waals surface area contributed by atoms with Gasteiger partial charge < -0.3 is 4.74 Å². The van der Waals surface area contributed by atoms with Gasteiger partial charge in [-0.15, -0.1) is 0 Å². The summed E-state index contributed by atoms with van der Waals surface area (Å²) < 4.78 is 4.92. The summed E-state index contributed by atoms with van der Waals surface area (Å²) in [6.07, 6.45) is 13.0. The highest BCUT2D eigenvalue weighted by Gasteiger charge is 2.12. The molecule has 0 N–H and O–H groups in total. The first-order valence-corrected chi connectivity index (χ1v) is 7.59. The summed E-state index contributed by atoms with van der Waals surface area (Å²) in [5, 5.41) is 0. The molecule has 2 nitrogen and oxygen atoms in total. The Labute approximate surface area is 112 Å². The lowest BCUT2D eigenvalue weighted by Gasteiger charge is -2.21. The van der Waals surface area contributed by atoms with Gasteiger partial charge in [-0.25, -0.2) is 4.79 Å². The smallest absolute Gasteiger partial charge is 0.333 e. The predicted molar refractivity (Wildman–Crippen MR) is 75.4 cm³/mol. The van der Waals surface area contributed by atoms with Crippen LogP contribution in [0.1, 0.15) is 71.1 Å². The van der Waals surface area contributed by atoms with Gasteiger partial charge in [-0.2, -0.15) is 0 Å². The zero-order chi connectivity index (χ0) is 13.2. The van der Waals surface area contributed by atoms with Gasteiger partial charge in [0.15, 0.2) is 0 Å². The number of carbonyl (C=O) groups is 1. The second kappa shape index (κ2) is 9.18. The Morgan fingerprint density at radius 3 is 2.56 bits per heavy atom. The number of unbranched alkanes of at least 4 members (excludes halogenated alkanes) is 2. The molecule has 0 unspecified atom stereocenters. The van der Waals surface area contributed by atoms with Crippen molar-refractivity contribution in [2.45, 2.75) is 71.1 Å². The van der Waals surface area contributed by atoms with E-state index in [9.17, 15) is 4.79 Å². The standard InChI is InChI=1S/C16H28O2/c1-3-18-16(17)14(2)10-6-4-7-11-15-12-8-5-9-13-15/h15H,2-13H2,1H3. The van der Waals surface area contributed by atoms with Crippen LogP contribution in [0.4, 0.5) is 0 Å². The van der Waals surface area contributed by atoms with Crippen LogP contribution in [0.2, 0.25) is 0 Å². The minimum absolute atomic E-state index is 0.218. The van der Waals surface area contributed by atoms with Gasteiger partial charge in [0, 0.05) is 5.57 Å². The molecule has 1 aliphatic rings. The van der Waals surface area contributed by atoms with Crippen LogP contribution in [0, 0.1) is 5.92 Å². The Morgan fingerprint density at radius 1 is 1.17 bits per heavy atom. The largest absolute Gasteiger partial charge is 0.463 e. The molecule has 0 aromatic rings. The van der Waals surface area contributed by atoms with Crippen molar-refractivity contribution in [2.75, 3.05) is 6.61 Å². The average molecular weight is 252 g/mol. The summed E-state index contributed by atoms with van der Waals surface area (Å²) in [4.78, 5) is 11.3. The van der Waals surface area contributed by atoms with E-state index >= 15 is 0 Å². The second-order valence-corrected chi connectivity index (χ2v) is 5.43. The Bertz CT molecular complexity index is 252. The fraction of sp³-hybridized carbons (Fsp3) is 0.812. The van der Waals surface area contributed by atoms with E-state index in [4.69, 9.17) is 4.74 Å². The van der Waals surface area contributed by atoms with E-state index in [2.05, 4.69) is 6.58 Å². The van der Waals surface area contributed by atoms with Crippen LogP contribution in [-0.4, -0.2) is 12.6 Å². The first-order chi connectivity index (χ1) is 8.74. The van der Waals surface area contributed by atoms with Crippen molar-refractivity contribution in [3.05, 3.63) is 12.2 Å². The summed E-state index contributed by atoms with van der Waals surface area (Å²) in [6.45, 7) is 6.06. The Kier molecular flexibility index (Phi) is 7.79. The topological polar surface area (TPSA) is 26.3 Å². The zero-order valence-electron chi connectivity index (χ0n) is 11.9. The quantitative estimate of drug-likeness (QED) is 0.357. The molecule has 0 heterocycles. The molecule has 1 aliphatic carbocycles. The summed E-state index contributed by atoms with van der Waals surface area (Å²) in [5.41, 5.74) is 0.634. The summed E-state index contributed by atoms with van der Waals surface area (Å²) in [5.74, 6) is 0.761. The highest BCUT2D eigenvalue weighted by atomic mass is 16.5. The van der Waals surface area contributed by atoms with Crippen molar-refractivity contribution in [1.82, 2.24) is 0 Å². The number of ether oxygens (including phenoxy) is 1. The van der Waals surface area contributed by atoms with Crippen molar-refractivity contribution in [1.29, 1.82) is 0 Å². The molecule has 0 atom stereocenters. The van der Waals surface area contributed by atoms with Crippen LogP contribution in [0.3, 0.4) is 0 Å². The lowest BCUT2D eigenvalue weighted by Crippen LogP contribution is -2.07. The Balaban J connectivity index is 1.97. The Hall–Kier alpha value is -0.790. The summed E-state index contributed by atoms with van der Waals surface area (Å²) in [7, 11) is 0. The van der Waals surface area contributed by atoms with Crippen LogP contribution >= 0.6 is 0 Å². The average Bonchev–Trinajstić information content (AvgIpc) is 2.39. The van der Waals surface area contributed by atoms with Crippen molar-refractivity contribution < 1.29 is 9.53 Å². The molecule has 0 radical (unpaired) electrons. The van der Waals surface area contributed by atoms with Crippen molar-refractivity contribution >= 4 is 5.97 Å². The van der Waals surface area contributed by atoms with Gasteiger partial charge in [0.05, 0.1) is 6.61 Å². The molecule has 18 heavy (non-hydrogen) atoms. The molecule has 0 aliphatic heterocycles. The highest BCUT2D eigenvalue weighted by Crippen LogP contribution is 2.28. The van der Waals surface area contributed by atoms with Gasteiger partial charge in [-0.1, -0.05) is 57.9 Å². The molecule has 0 saturated heterocycles. The number of rotatable bonds is 8. The minimum atomic E-state index is -0.218. The third kappa shape index (κ3) is 6.23. The highest BCUT2D eigenvalue weighted by molar-refractivity contribution is 5.87. The van der Waals surface area contributed by atoms with Crippen LogP contribution in [0.25, 0.3) is 0 Å². The molecule has 0 spiro atoms. The monoisotopic (exact) mass is 252 g/mol. The van der Waals surface area contributed by atoms with Gasteiger partial charge in [-0.3, -0.25) is 0 Å². The number of hydrogen-bond donors (Lipinski definition) is 0. The van der Waals surface area contributed by atoms with Crippen molar-refractivity contribution in [3.63, 3.8) is 0 Å². The van der Waals surface area contributed by atoms with Gasteiger partial charge in [0.2, 0.25) is 0 Å². The zero-order valence-corrected chi connectivity index (χ0v) is 11.9. The third-order valence-electron chi connectivity index (χ3n) is 3.88. The molecule has 0 amide bonds. The first kappa shape index (κ1) is 15.3. The molecular weight excluding hydrogens is 224 g/mol. The van der Waals surface area contributed by atoms with E-state index in [1.807, 2.05) is 6.92 Å². The van der Waals surface area contributed by atoms with Crippen molar-refractivity contribution in [3.8, 4) is 0 Å². The van der Waals surface area contributed by atoms with Crippen molar-refractivity contribution in [2.24, 2.45) is 5.92 Å². The molecule has 104 valence electrons. The lowest BCUT2D eigenvalue weighted by atomic mass is 9.85. The van der Waals surface area contributed by atoms with Crippen LogP contribution in [0.5, 0.6) is 0 Å². The normalized spacial score (nSPS) is 16.5. The van der Waals surface area contributed by atoms with E-state index in [1.54, 1.807) is 0 Å². The fourth-order valence-corrected chi connectivity index (χ4v) is 2.76. The number of hydrogen-bond acceptors (Lipinski definition) is 2. The first-order valence-electron chi connectivity index (χ1n) is 7.59. The van der Waals surface area contributed by atoms with Gasteiger partial charge >= 0.3 is 5.97 Å². The van der Waals surface area contributed by atoms with Gasteiger partial charge in [0.1, 0.15) is 0 Å². The fourth-order valence-electron chi connectivity index (χ4n) is 2.76. The van der Waals surface area contributed by atoms with E-state index in [1.165, 1.54) is 51.4 Å². The molecule has 1 saturated carbocycles. The molecule has 0 bridgehead atoms. The summed E-state index contributed by atoms with van der Waals surface area (Å²) in [6, 6.07) is 0. The van der Waals surface area contributed by atoms with Crippen LogP contribution in [-0.2, 0) is 9.53 Å². The maximum Gasteiger partial charge on any atom is 0.333 e. The second-order valence-electron chi connectivity index (χ2n) is 5.43. The molecule has 0 aromatic carbocycles. The molecular formula is C16H28O2. The lowest BCUT2D eigenvalue weighted by molar-refractivity contribution is -0.138. The van der Waals surface area contributed by atoms with E-state index < -0.39 is 0 Å².